The average molecular weight is 274 g/mol. The Bertz CT molecular complexity index is 442. The van der Waals surface area contributed by atoms with Crippen molar-refractivity contribution in [1.29, 1.82) is 0 Å². The van der Waals surface area contributed by atoms with Gasteiger partial charge in [-0.25, -0.2) is 0 Å². The zero-order valence-electron chi connectivity index (χ0n) is 12.9. The molecule has 0 radical (unpaired) electrons. The molecule has 1 amide bonds. The van der Waals surface area contributed by atoms with Crippen molar-refractivity contribution in [3.05, 3.63) is 35.9 Å². The highest BCUT2D eigenvalue weighted by molar-refractivity contribution is 5.77. The van der Waals surface area contributed by atoms with E-state index < -0.39 is 0 Å². The Kier molecular flexibility index (Phi) is 4.81. The minimum absolute atomic E-state index is 0.0448. The van der Waals surface area contributed by atoms with Crippen molar-refractivity contribution in [2.45, 2.75) is 38.6 Å². The molecule has 1 aromatic rings. The van der Waals surface area contributed by atoms with E-state index >= 15 is 0 Å². The topological polar surface area (TPSA) is 23.6 Å². The van der Waals surface area contributed by atoms with Gasteiger partial charge in [0.2, 0.25) is 5.91 Å². The SMILES string of the molecule is CN1CCN(C(=O)CCCc2ccccc2)C(C)(C)C1. The predicted molar refractivity (Wildman–Crippen MR) is 82.7 cm³/mol. The highest BCUT2D eigenvalue weighted by Crippen LogP contribution is 2.21. The molecule has 1 aliphatic heterocycles. The fraction of sp³-hybridized carbons (Fsp3) is 0.588. The highest BCUT2D eigenvalue weighted by atomic mass is 16.2. The van der Waals surface area contributed by atoms with E-state index in [0.29, 0.717) is 12.3 Å². The van der Waals surface area contributed by atoms with Crippen LogP contribution in [0.15, 0.2) is 30.3 Å². The summed E-state index contributed by atoms with van der Waals surface area (Å²) in [5.74, 6) is 0.305. The summed E-state index contributed by atoms with van der Waals surface area (Å²) in [7, 11) is 2.12. The van der Waals surface area contributed by atoms with Crippen LogP contribution < -0.4 is 0 Å². The Hall–Kier alpha value is -1.35. The van der Waals surface area contributed by atoms with Crippen LogP contribution in [0.4, 0.5) is 0 Å². The number of carbonyl (C=O) groups is 1. The standard InChI is InChI=1S/C17H26N2O/c1-17(2)14-18(3)12-13-19(17)16(20)11-7-10-15-8-5-4-6-9-15/h4-6,8-9H,7,10-14H2,1-3H3. The molecule has 1 fully saturated rings. The quantitative estimate of drug-likeness (QED) is 0.842. The van der Waals surface area contributed by atoms with E-state index in [1.54, 1.807) is 0 Å². The van der Waals surface area contributed by atoms with Crippen molar-refractivity contribution < 1.29 is 4.79 Å². The van der Waals surface area contributed by atoms with Crippen molar-refractivity contribution in [3.8, 4) is 0 Å². The number of piperazine rings is 1. The van der Waals surface area contributed by atoms with Gasteiger partial charge >= 0.3 is 0 Å². The first-order chi connectivity index (χ1) is 9.49. The third kappa shape index (κ3) is 3.83. The number of likely N-dealkylation sites (N-methyl/N-ethyl adjacent to an activating group) is 1. The summed E-state index contributed by atoms with van der Waals surface area (Å²) < 4.78 is 0. The predicted octanol–water partition coefficient (Wildman–Crippen LogP) is 2.56. The maximum absolute atomic E-state index is 12.4. The molecule has 3 nitrogen and oxygen atoms in total. The molecular weight excluding hydrogens is 248 g/mol. The van der Waals surface area contributed by atoms with Gasteiger partial charge in [0.15, 0.2) is 0 Å². The Morgan fingerprint density at radius 1 is 1.20 bits per heavy atom. The van der Waals surface area contributed by atoms with Crippen LogP contribution in [0, 0.1) is 0 Å². The third-order valence-electron chi connectivity index (χ3n) is 4.09. The third-order valence-corrected chi connectivity index (χ3v) is 4.09. The van der Waals surface area contributed by atoms with E-state index in [1.165, 1.54) is 5.56 Å². The number of amides is 1. The molecule has 1 saturated heterocycles. The summed E-state index contributed by atoms with van der Waals surface area (Å²) in [4.78, 5) is 16.8. The first-order valence-electron chi connectivity index (χ1n) is 7.52. The summed E-state index contributed by atoms with van der Waals surface area (Å²) in [5.41, 5.74) is 1.27. The van der Waals surface area contributed by atoms with Gasteiger partial charge in [0.25, 0.3) is 0 Å². The molecule has 1 heterocycles. The van der Waals surface area contributed by atoms with Crippen LogP contribution in [0.5, 0.6) is 0 Å². The van der Waals surface area contributed by atoms with E-state index in [0.717, 1.165) is 32.5 Å². The zero-order chi connectivity index (χ0) is 14.6. The van der Waals surface area contributed by atoms with Crippen LogP contribution in [0.1, 0.15) is 32.3 Å². The number of hydrogen-bond acceptors (Lipinski definition) is 2. The number of hydrogen-bond donors (Lipinski definition) is 0. The number of nitrogens with zero attached hydrogens (tertiary/aromatic N) is 2. The lowest BCUT2D eigenvalue weighted by Crippen LogP contribution is -2.60. The fourth-order valence-electron chi connectivity index (χ4n) is 3.08. The maximum Gasteiger partial charge on any atom is 0.223 e. The number of aryl methyl sites for hydroxylation is 1. The summed E-state index contributed by atoms with van der Waals surface area (Å²) in [5, 5.41) is 0. The Balaban J connectivity index is 1.83. The molecular formula is C17H26N2O. The lowest BCUT2D eigenvalue weighted by atomic mass is 9.98. The van der Waals surface area contributed by atoms with Crippen LogP contribution in [0.3, 0.4) is 0 Å². The summed E-state index contributed by atoms with van der Waals surface area (Å²) in [6.45, 7) is 7.12. The Morgan fingerprint density at radius 2 is 1.90 bits per heavy atom. The van der Waals surface area contributed by atoms with Crippen LogP contribution in [-0.2, 0) is 11.2 Å². The normalized spacial score (nSPS) is 19.1. The van der Waals surface area contributed by atoms with Crippen molar-refractivity contribution in [3.63, 3.8) is 0 Å². The molecule has 3 heteroatoms. The molecule has 20 heavy (non-hydrogen) atoms. The van der Waals surface area contributed by atoms with E-state index in [4.69, 9.17) is 0 Å². The van der Waals surface area contributed by atoms with Crippen molar-refractivity contribution in [2.75, 3.05) is 26.7 Å². The smallest absolute Gasteiger partial charge is 0.223 e. The zero-order valence-corrected chi connectivity index (χ0v) is 12.9. The van der Waals surface area contributed by atoms with E-state index in [1.807, 2.05) is 6.07 Å². The van der Waals surface area contributed by atoms with Gasteiger partial charge in [-0.3, -0.25) is 4.79 Å². The summed E-state index contributed by atoms with van der Waals surface area (Å²) in [6.07, 6.45) is 2.58. The molecule has 0 atom stereocenters. The van der Waals surface area contributed by atoms with Crippen LogP contribution in [-0.4, -0.2) is 47.9 Å². The minimum atomic E-state index is -0.0448. The molecule has 0 saturated carbocycles. The summed E-state index contributed by atoms with van der Waals surface area (Å²) in [6, 6.07) is 10.4. The number of carbonyl (C=O) groups excluding carboxylic acids is 1. The van der Waals surface area contributed by atoms with Gasteiger partial charge in [0.1, 0.15) is 0 Å². The van der Waals surface area contributed by atoms with Gasteiger partial charge in [0.05, 0.1) is 0 Å². The van der Waals surface area contributed by atoms with Gasteiger partial charge in [-0.1, -0.05) is 30.3 Å². The fourth-order valence-corrected chi connectivity index (χ4v) is 3.08. The molecule has 0 aromatic heterocycles. The number of rotatable bonds is 4. The Morgan fingerprint density at radius 3 is 2.55 bits per heavy atom. The first-order valence-corrected chi connectivity index (χ1v) is 7.52. The highest BCUT2D eigenvalue weighted by Gasteiger charge is 2.34. The van der Waals surface area contributed by atoms with Crippen LogP contribution >= 0.6 is 0 Å². The molecule has 0 spiro atoms. The number of benzene rings is 1. The van der Waals surface area contributed by atoms with Crippen molar-refractivity contribution in [2.24, 2.45) is 0 Å². The minimum Gasteiger partial charge on any atom is -0.335 e. The van der Waals surface area contributed by atoms with E-state index in [-0.39, 0.29) is 5.54 Å². The van der Waals surface area contributed by atoms with E-state index in [2.05, 4.69) is 55.0 Å². The molecule has 110 valence electrons. The van der Waals surface area contributed by atoms with Gasteiger partial charge in [0, 0.05) is 31.6 Å². The first kappa shape index (κ1) is 15.0. The molecule has 0 unspecified atom stereocenters. The van der Waals surface area contributed by atoms with Gasteiger partial charge in [-0.15, -0.1) is 0 Å². The monoisotopic (exact) mass is 274 g/mol. The van der Waals surface area contributed by atoms with Gasteiger partial charge in [-0.05, 0) is 39.3 Å². The molecule has 2 rings (SSSR count). The second-order valence-corrected chi connectivity index (χ2v) is 6.43. The molecule has 0 N–H and O–H groups in total. The second kappa shape index (κ2) is 6.40. The van der Waals surface area contributed by atoms with Gasteiger partial charge < -0.3 is 9.80 Å². The summed E-state index contributed by atoms with van der Waals surface area (Å²) >= 11 is 0. The molecule has 0 aliphatic carbocycles. The van der Waals surface area contributed by atoms with Crippen LogP contribution in [0.2, 0.25) is 0 Å². The maximum atomic E-state index is 12.4. The van der Waals surface area contributed by atoms with Crippen molar-refractivity contribution in [1.82, 2.24) is 9.80 Å². The molecule has 1 aliphatic rings. The average Bonchev–Trinajstić information content (AvgIpc) is 2.38. The largest absolute Gasteiger partial charge is 0.335 e. The lowest BCUT2D eigenvalue weighted by molar-refractivity contribution is -0.140. The molecule has 0 bridgehead atoms. The van der Waals surface area contributed by atoms with Crippen molar-refractivity contribution >= 4 is 5.91 Å². The Labute approximate surface area is 122 Å². The second-order valence-electron chi connectivity index (χ2n) is 6.43. The van der Waals surface area contributed by atoms with Gasteiger partial charge in [-0.2, -0.15) is 0 Å². The lowest BCUT2D eigenvalue weighted by Gasteiger charge is -2.46. The molecule has 1 aromatic carbocycles. The van der Waals surface area contributed by atoms with E-state index in [9.17, 15) is 4.79 Å². The van der Waals surface area contributed by atoms with Crippen LogP contribution in [0.25, 0.3) is 0 Å².